The Morgan fingerprint density at radius 2 is 1.76 bits per heavy atom. The third-order valence-corrected chi connectivity index (χ3v) is 11.8. The molecule has 262 valence electrons. The molecular weight excluding hydrogens is 663 g/mol. The van der Waals surface area contributed by atoms with Crippen molar-refractivity contribution >= 4 is 57.7 Å². The lowest BCUT2D eigenvalue weighted by atomic mass is 9.99. The number of carbonyl (C=O) groups excluding carboxylic acids is 4. The molecule has 4 aliphatic rings. The van der Waals surface area contributed by atoms with Gasteiger partial charge in [0, 0.05) is 24.1 Å². The van der Waals surface area contributed by atoms with E-state index in [2.05, 4.69) is 34.8 Å². The molecule has 0 radical (unpaired) electrons. The highest BCUT2D eigenvalue weighted by molar-refractivity contribution is 8.14. The zero-order valence-electron chi connectivity index (χ0n) is 28.5. The standard InChI is InChI=1S/C35H45N7O5S2/c1-6-19(4)27-34-38-24(17-49-34)30(44)39-26(18(2)3)33-37-23(16-48-33)29(43)36-22(15-21-11-8-7-9-12-21)35(46)42-14-10-13-25(42)32-41-28(20(5)47-32)31(45)40-27/h7-9,11-12,16,18-20,22,24-28H,6,10,13-15,17H2,1-5H3,(H,36,43)(H,39,44)(H,40,45). The van der Waals surface area contributed by atoms with Gasteiger partial charge in [0.05, 0.1) is 17.1 Å². The van der Waals surface area contributed by atoms with Crippen LogP contribution in [0.3, 0.4) is 0 Å². The summed E-state index contributed by atoms with van der Waals surface area (Å²) in [7, 11) is 0. The summed E-state index contributed by atoms with van der Waals surface area (Å²) in [6.07, 6.45) is 1.91. The number of hydrogen-bond donors (Lipinski definition) is 3. The van der Waals surface area contributed by atoms with Crippen LogP contribution in [-0.4, -0.2) is 93.1 Å². The third-order valence-electron chi connectivity index (χ3n) is 9.73. The average Bonchev–Trinajstić information content (AvgIpc) is 3.91. The zero-order valence-corrected chi connectivity index (χ0v) is 30.2. The average molecular weight is 708 g/mol. The van der Waals surface area contributed by atoms with Gasteiger partial charge in [0.15, 0.2) is 6.04 Å². The zero-order chi connectivity index (χ0) is 34.8. The van der Waals surface area contributed by atoms with Gasteiger partial charge in [0.2, 0.25) is 23.6 Å². The Morgan fingerprint density at radius 3 is 2.49 bits per heavy atom. The number of nitrogens with one attached hydrogen (secondary N) is 3. The molecule has 8 atom stereocenters. The van der Waals surface area contributed by atoms with Gasteiger partial charge in [0.25, 0.3) is 5.91 Å². The molecule has 49 heavy (non-hydrogen) atoms. The van der Waals surface area contributed by atoms with E-state index >= 15 is 0 Å². The predicted octanol–water partition coefficient (Wildman–Crippen LogP) is 3.53. The van der Waals surface area contributed by atoms with Crippen LogP contribution in [0, 0.1) is 11.8 Å². The molecule has 0 spiro atoms. The van der Waals surface area contributed by atoms with E-state index in [0.29, 0.717) is 29.6 Å². The van der Waals surface area contributed by atoms with Crippen molar-refractivity contribution in [2.45, 2.75) is 103 Å². The van der Waals surface area contributed by atoms with E-state index in [1.807, 2.05) is 51.1 Å². The monoisotopic (exact) mass is 707 g/mol. The van der Waals surface area contributed by atoms with E-state index in [9.17, 15) is 19.2 Å². The number of nitrogens with zero attached hydrogens (tertiary/aromatic N) is 4. The molecule has 1 saturated heterocycles. The topological polar surface area (TPSA) is 154 Å². The van der Waals surface area contributed by atoms with Crippen LogP contribution in [0.2, 0.25) is 0 Å². The van der Waals surface area contributed by atoms with E-state index in [1.165, 1.54) is 23.1 Å². The van der Waals surface area contributed by atoms with Gasteiger partial charge in [-0.1, -0.05) is 64.4 Å². The van der Waals surface area contributed by atoms with Crippen molar-refractivity contribution in [2.75, 3.05) is 12.3 Å². The summed E-state index contributed by atoms with van der Waals surface area (Å²) in [6, 6.07) is 5.97. The first-order valence-electron chi connectivity index (χ1n) is 17.2. The summed E-state index contributed by atoms with van der Waals surface area (Å²) in [5, 5.41) is 12.3. The Balaban J connectivity index is 1.38. The number of benzene rings is 1. The molecule has 4 amide bonds. The maximum absolute atomic E-state index is 14.3. The minimum absolute atomic E-state index is 0.0161. The lowest BCUT2D eigenvalue weighted by Gasteiger charge is -2.29. The number of fused-ring (bicyclic) bond motifs is 6. The van der Waals surface area contributed by atoms with E-state index in [0.717, 1.165) is 23.4 Å². The highest BCUT2D eigenvalue weighted by Crippen LogP contribution is 2.30. The molecule has 4 aliphatic heterocycles. The summed E-state index contributed by atoms with van der Waals surface area (Å²) in [6.45, 7) is 10.4. The lowest BCUT2D eigenvalue weighted by molar-refractivity contribution is -0.133. The van der Waals surface area contributed by atoms with Crippen molar-refractivity contribution in [1.29, 1.82) is 0 Å². The fourth-order valence-corrected chi connectivity index (χ4v) is 8.90. The van der Waals surface area contributed by atoms with Crippen molar-refractivity contribution in [3.05, 3.63) is 52.0 Å². The van der Waals surface area contributed by atoms with Gasteiger partial charge < -0.3 is 25.6 Å². The molecule has 0 saturated carbocycles. The van der Waals surface area contributed by atoms with Crippen LogP contribution in [0.4, 0.5) is 0 Å². The van der Waals surface area contributed by atoms with Crippen LogP contribution in [0.25, 0.3) is 0 Å². The molecule has 1 fully saturated rings. The van der Waals surface area contributed by atoms with E-state index < -0.39 is 42.2 Å². The Labute approximate surface area is 295 Å². The normalized spacial score (nSPS) is 30.0. The molecule has 6 rings (SSSR count). The number of rotatable bonds is 5. The fraction of sp³-hybridized carbons (Fsp3) is 0.571. The molecule has 2 aromatic rings. The first-order valence-corrected chi connectivity index (χ1v) is 19.1. The van der Waals surface area contributed by atoms with Crippen LogP contribution >= 0.6 is 23.1 Å². The van der Waals surface area contributed by atoms with E-state index in [-0.39, 0.29) is 47.7 Å². The van der Waals surface area contributed by atoms with Crippen molar-refractivity contribution in [2.24, 2.45) is 21.8 Å². The first-order chi connectivity index (χ1) is 23.5. The second-order valence-electron chi connectivity index (χ2n) is 13.6. The predicted molar refractivity (Wildman–Crippen MR) is 191 cm³/mol. The molecule has 5 heterocycles. The number of aliphatic imine (C=N–C) groups is 2. The smallest absolute Gasteiger partial charge is 0.271 e. The number of ether oxygens (including phenoxy) is 1. The van der Waals surface area contributed by atoms with Crippen LogP contribution in [-0.2, 0) is 25.5 Å². The van der Waals surface area contributed by atoms with Gasteiger partial charge in [-0.15, -0.1) is 23.1 Å². The summed E-state index contributed by atoms with van der Waals surface area (Å²) in [5.74, 6) is -0.359. The van der Waals surface area contributed by atoms with Crippen LogP contribution in [0.1, 0.15) is 81.0 Å². The second-order valence-corrected chi connectivity index (χ2v) is 15.5. The summed E-state index contributed by atoms with van der Waals surface area (Å²) < 4.78 is 6.20. The summed E-state index contributed by atoms with van der Waals surface area (Å²) in [5.41, 5.74) is 1.09. The number of amides is 4. The highest BCUT2D eigenvalue weighted by Gasteiger charge is 2.44. The van der Waals surface area contributed by atoms with Gasteiger partial charge in [-0.2, -0.15) is 0 Å². The second kappa shape index (κ2) is 15.0. The maximum atomic E-state index is 14.3. The molecule has 1 aromatic carbocycles. The number of thioether (sulfide) groups is 1. The minimum atomic E-state index is -0.878. The highest BCUT2D eigenvalue weighted by atomic mass is 32.2. The Morgan fingerprint density at radius 1 is 1.00 bits per heavy atom. The lowest BCUT2D eigenvalue weighted by Crippen LogP contribution is -2.52. The number of hydrogen-bond acceptors (Lipinski definition) is 10. The first kappa shape index (κ1) is 35.1. The SMILES string of the molecule is CCC(C)C1NC(=O)C2N=C(OC2C)C2CCCN2C(=O)C(Cc2ccccc2)NC(=O)c2csc(n2)C(C(C)C)NC(=O)C2CSC1=N2. The van der Waals surface area contributed by atoms with Gasteiger partial charge in [-0.25, -0.2) is 9.98 Å². The maximum Gasteiger partial charge on any atom is 0.271 e. The minimum Gasteiger partial charge on any atom is -0.474 e. The van der Waals surface area contributed by atoms with Crippen molar-refractivity contribution in [3.63, 3.8) is 0 Å². The Hall–Kier alpha value is -3.78. The van der Waals surface area contributed by atoms with Gasteiger partial charge >= 0.3 is 0 Å². The molecule has 14 heteroatoms. The van der Waals surface area contributed by atoms with Gasteiger partial charge in [0.1, 0.15) is 34.9 Å². The summed E-state index contributed by atoms with van der Waals surface area (Å²) >= 11 is 2.78. The van der Waals surface area contributed by atoms with Crippen molar-refractivity contribution < 1.29 is 23.9 Å². The van der Waals surface area contributed by atoms with Gasteiger partial charge in [-0.3, -0.25) is 24.2 Å². The third kappa shape index (κ3) is 7.54. The van der Waals surface area contributed by atoms with Gasteiger partial charge in [-0.05, 0) is 37.2 Å². The number of aromatic nitrogens is 1. The number of carbonyl (C=O) groups is 4. The molecule has 1 aromatic heterocycles. The Bertz CT molecular complexity index is 1630. The Kier molecular flexibility index (Phi) is 10.7. The molecule has 12 nitrogen and oxygen atoms in total. The summed E-state index contributed by atoms with van der Waals surface area (Å²) in [4.78, 5) is 71.4. The molecule has 8 unspecified atom stereocenters. The van der Waals surface area contributed by atoms with E-state index in [1.54, 1.807) is 10.3 Å². The molecule has 6 bridgehead atoms. The molecule has 0 aliphatic carbocycles. The fourth-order valence-electron chi connectivity index (χ4n) is 6.65. The quantitative estimate of drug-likeness (QED) is 0.430. The van der Waals surface area contributed by atoms with Crippen LogP contribution < -0.4 is 16.0 Å². The van der Waals surface area contributed by atoms with Crippen LogP contribution in [0.5, 0.6) is 0 Å². The number of thiazole rings is 1. The molecule has 3 N–H and O–H groups in total. The van der Waals surface area contributed by atoms with Crippen molar-refractivity contribution in [1.82, 2.24) is 25.8 Å². The van der Waals surface area contributed by atoms with Crippen LogP contribution in [0.15, 0.2) is 45.7 Å². The largest absolute Gasteiger partial charge is 0.474 e. The van der Waals surface area contributed by atoms with Crippen molar-refractivity contribution in [3.8, 4) is 0 Å². The van der Waals surface area contributed by atoms with E-state index in [4.69, 9.17) is 14.7 Å². The molecular formula is C35H45N7O5S2.